The molecule has 1 fully saturated rings. The van der Waals surface area contributed by atoms with E-state index in [-0.39, 0.29) is 12.1 Å². The number of cyclic esters (lactones) is 1. The van der Waals surface area contributed by atoms with Gasteiger partial charge >= 0.3 is 5.97 Å². The molecular weight excluding hydrogens is 288 g/mol. The zero-order valence-electron chi connectivity index (χ0n) is 14.2. The number of esters is 1. The number of carbonyl (C=O) groups excluding carboxylic acids is 1. The summed E-state index contributed by atoms with van der Waals surface area (Å²) in [6, 6.07) is 0. The number of ether oxygens (including phenoxy) is 1. The van der Waals surface area contributed by atoms with Gasteiger partial charge in [-0.1, -0.05) is 62.3 Å². The van der Waals surface area contributed by atoms with Gasteiger partial charge in [0.2, 0.25) is 0 Å². The molecule has 0 spiro atoms. The molecule has 2 unspecified atom stereocenters. The monoisotopic (exact) mass is 318 g/mol. The van der Waals surface area contributed by atoms with Crippen molar-refractivity contribution in [1.82, 2.24) is 0 Å². The maximum Gasteiger partial charge on any atom is 0.306 e. The minimum absolute atomic E-state index is 0.0895. The first kappa shape index (κ1) is 19.4. The molecule has 0 radical (unpaired) electrons. The largest absolute Gasteiger partial charge is 0.458 e. The van der Waals surface area contributed by atoms with Gasteiger partial charge < -0.3 is 9.84 Å². The van der Waals surface area contributed by atoms with E-state index in [1.165, 1.54) is 19.3 Å². The smallest absolute Gasteiger partial charge is 0.306 e. The molecule has 0 aromatic rings. The highest BCUT2D eigenvalue weighted by atomic mass is 16.5. The van der Waals surface area contributed by atoms with Gasteiger partial charge in [-0.05, 0) is 38.2 Å². The molecule has 1 N–H and O–H groups in total. The van der Waals surface area contributed by atoms with Gasteiger partial charge in [-0.15, -0.1) is 0 Å². The number of carbonyl (C=O) groups is 1. The van der Waals surface area contributed by atoms with Crippen molar-refractivity contribution in [3.05, 3.63) is 48.6 Å². The van der Waals surface area contributed by atoms with Crippen molar-refractivity contribution < 1.29 is 14.6 Å². The quantitative estimate of drug-likeness (QED) is 0.276. The Morgan fingerprint density at radius 2 is 2.04 bits per heavy atom. The van der Waals surface area contributed by atoms with Crippen molar-refractivity contribution in [2.45, 2.75) is 70.5 Å². The van der Waals surface area contributed by atoms with Crippen LogP contribution in [0.15, 0.2) is 48.6 Å². The lowest BCUT2D eigenvalue weighted by Crippen LogP contribution is -2.21. The van der Waals surface area contributed by atoms with E-state index in [0.717, 1.165) is 19.3 Å². The van der Waals surface area contributed by atoms with Crippen LogP contribution in [0.5, 0.6) is 0 Å². The Morgan fingerprint density at radius 3 is 2.83 bits per heavy atom. The second-order valence-corrected chi connectivity index (χ2v) is 5.85. The van der Waals surface area contributed by atoms with Crippen LogP contribution in [0.25, 0.3) is 0 Å². The molecule has 23 heavy (non-hydrogen) atoms. The lowest BCUT2D eigenvalue weighted by atomic mass is 10.1. The average molecular weight is 318 g/mol. The fraction of sp³-hybridized carbons (Fsp3) is 0.550. The molecule has 3 nitrogen and oxygen atoms in total. The van der Waals surface area contributed by atoms with Crippen LogP contribution < -0.4 is 0 Å². The summed E-state index contributed by atoms with van der Waals surface area (Å²) < 4.78 is 5.19. The standard InChI is InChI=1S/C20H30O3/c1-2-3-4-5-6-9-13-18(21)14-10-7-8-11-15-19-16-12-17-20(22)23-19/h6-11,14-15,18-19,21H,2-5,12-13,16-17H2,1H3. The number of unbranched alkanes of at least 4 members (excludes halogenated alkanes) is 3. The number of hydrogen-bond acceptors (Lipinski definition) is 3. The molecule has 3 heteroatoms. The minimum Gasteiger partial charge on any atom is -0.458 e. The minimum atomic E-state index is -0.439. The first-order chi connectivity index (χ1) is 11.2. The van der Waals surface area contributed by atoms with Gasteiger partial charge in [-0.25, -0.2) is 0 Å². The molecule has 0 aliphatic carbocycles. The van der Waals surface area contributed by atoms with Crippen molar-refractivity contribution in [1.29, 1.82) is 0 Å². The van der Waals surface area contributed by atoms with Crippen LogP contribution >= 0.6 is 0 Å². The third kappa shape index (κ3) is 10.7. The zero-order valence-corrected chi connectivity index (χ0v) is 14.2. The van der Waals surface area contributed by atoms with Crippen molar-refractivity contribution in [2.75, 3.05) is 0 Å². The van der Waals surface area contributed by atoms with Crippen LogP contribution in [0.2, 0.25) is 0 Å². The first-order valence-electron chi connectivity index (χ1n) is 8.76. The normalized spacial score (nSPS) is 21.0. The van der Waals surface area contributed by atoms with Crippen LogP contribution in [0.4, 0.5) is 0 Å². The van der Waals surface area contributed by atoms with Gasteiger partial charge in [-0.2, -0.15) is 0 Å². The highest BCUT2D eigenvalue weighted by Crippen LogP contribution is 2.14. The van der Waals surface area contributed by atoms with Gasteiger partial charge in [-0.3, -0.25) is 4.79 Å². The Labute approximate surface area is 140 Å². The highest BCUT2D eigenvalue weighted by Gasteiger charge is 2.16. The van der Waals surface area contributed by atoms with Crippen LogP contribution in [0.3, 0.4) is 0 Å². The fourth-order valence-corrected chi connectivity index (χ4v) is 2.32. The Kier molecular flexibility index (Phi) is 10.9. The number of allylic oxidation sites excluding steroid dienone is 5. The maximum absolute atomic E-state index is 11.1. The highest BCUT2D eigenvalue weighted by molar-refractivity contribution is 5.70. The Balaban J connectivity index is 2.14. The Bertz CT molecular complexity index is 432. The van der Waals surface area contributed by atoms with Crippen molar-refractivity contribution in [3.63, 3.8) is 0 Å². The maximum atomic E-state index is 11.1. The van der Waals surface area contributed by atoms with E-state index in [9.17, 15) is 9.90 Å². The van der Waals surface area contributed by atoms with E-state index in [4.69, 9.17) is 4.74 Å². The molecule has 0 aromatic heterocycles. The number of aliphatic hydroxyl groups is 1. The number of aliphatic hydroxyl groups excluding tert-OH is 1. The van der Waals surface area contributed by atoms with E-state index < -0.39 is 6.10 Å². The summed E-state index contributed by atoms with van der Waals surface area (Å²) in [5.41, 5.74) is 0. The SMILES string of the molecule is CCCCCC=CCC(O)C=CC=CC=CC1CCCC(=O)O1. The summed E-state index contributed by atoms with van der Waals surface area (Å²) in [5, 5.41) is 9.79. The summed E-state index contributed by atoms with van der Waals surface area (Å²) in [7, 11) is 0. The molecule has 0 bridgehead atoms. The fourth-order valence-electron chi connectivity index (χ4n) is 2.32. The van der Waals surface area contributed by atoms with Crippen molar-refractivity contribution in [2.24, 2.45) is 0 Å². The second-order valence-electron chi connectivity index (χ2n) is 5.85. The number of hydrogen-bond donors (Lipinski definition) is 1. The van der Waals surface area contributed by atoms with E-state index in [1.54, 1.807) is 6.08 Å². The third-order valence-corrected chi connectivity index (χ3v) is 3.66. The molecule has 0 aromatic carbocycles. The van der Waals surface area contributed by atoms with Crippen LogP contribution in [-0.4, -0.2) is 23.3 Å². The van der Waals surface area contributed by atoms with Crippen LogP contribution in [-0.2, 0) is 9.53 Å². The van der Waals surface area contributed by atoms with Gasteiger partial charge in [0.15, 0.2) is 0 Å². The molecule has 1 saturated heterocycles. The van der Waals surface area contributed by atoms with Crippen molar-refractivity contribution >= 4 is 5.97 Å². The molecule has 1 heterocycles. The summed E-state index contributed by atoms with van der Waals surface area (Å²) in [6.45, 7) is 2.20. The van der Waals surface area contributed by atoms with Gasteiger partial charge in [0, 0.05) is 6.42 Å². The average Bonchev–Trinajstić information content (AvgIpc) is 2.54. The molecule has 1 aliphatic rings. The third-order valence-electron chi connectivity index (χ3n) is 3.66. The second kappa shape index (κ2) is 12.9. The lowest BCUT2D eigenvalue weighted by Gasteiger charge is -2.18. The lowest BCUT2D eigenvalue weighted by molar-refractivity contribution is -0.150. The molecule has 1 aliphatic heterocycles. The molecule has 128 valence electrons. The topological polar surface area (TPSA) is 46.5 Å². The zero-order chi connectivity index (χ0) is 16.8. The summed E-state index contributed by atoms with van der Waals surface area (Å²) in [4.78, 5) is 11.1. The van der Waals surface area contributed by atoms with Crippen LogP contribution in [0.1, 0.15) is 58.3 Å². The molecule has 0 saturated carbocycles. The molecule has 1 rings (SSSR count). The van der Waals surface area contributed by atoms with E-state index in [1.807, 2.05) is 36.5 Å². The van der Waals surface area contributed by atoms with E-state index in [2.05, 4.69) is 13.0 Å². The van der Waals surface area contributed by atoms with Gasteiger partial charge in [0.1, 0.15) is 6.10 Å². The Hall–Kier alpha value is -1.61. The van der Waals surface area contributed by atoms with E-state index >= 15 is 0 Å². The van der Waals surface area contributed by atoms with Gasteiger partial charge in [0.05, 0.1) is 6.10 Å². The summed E-state index contributed by atoms with van der Waals surface area (Å²) >= 11 is 0. The molecule has 0 amide bonds. The Morgan fingerprint density at radius 1 is 1.22 bits per heavy atom. The van der Waals surface area contributed by atoms with Gasteiger partial charge in [0.25, 0.3) is 0 Å². The molecule has 2 atom stereocenters. The summed E-state index contributed by atoms with van der Waals surface area (Å²) in [6.07, 6.45) is 22.6. The predicted molar refractivity (Wildman–Crippen MR) is 95.1 cm³/mol. The summed E-state index contributed by atoms with van der Waals surface area (Å²) in [5.74, 6) is -0.111. The van der Waals surface area contributed by atoms with E-state index in [0.29, 0.717) is 12.8 Å². The predicted octanol–water partition coefficient (Wildman–Crippen LogP) is 4.64. The van der Waals surface area contributed by atoms with Crippen molar-refractivity contribution in [3.8, 4) is 0 Å². The van der Waals surface area contributed by atoms with Crippen LogP contribution in [0, 0.1) is 0 Å². The first-order valence-corrected chi connectivity index (χ1v) is 8.76. The molecular formula is C20H30O3. The number of rotatable bonds is 10.